The van der Waals surface area contributed by atoms with Crippen LogP contribution in [0.3, 0.4) is 0 Å². The number of carbonyl (C=O) groups excluding carboxylic acids is 1. The highest BCUT2D eigenvalue weighted by molar-refractivity contribution is 6.07. The Kier molecular flexibility index (Phi) is 3.67. The molecule has 4 N–H and O–H groups in total. The number of nitrogens with two attached hydrogens (primary N) is 1. The van der Waals surface area contributed by atoms with Crippen molar-refractivity contribution in [2.75, 3.05) is 10.7 Å². The van der Waals surface area contributed by atoms with E-state index in [0.717, 1.165) is 11.4 Å². The summed E-state index contributed by atoms with van der Waals surface area (Å²) in [6.07, 6.45) is 2.98. The van der Waals surface area contributed by atoms with Gasteiger partial charge in [0.15, 0.2) is 0 Å². The van der Waals surface area contributed by atoms with Gasteiger partial charge in [0, 0.05) is 17.6 Å². The van der Waals surface area contributed by atoms with E-state index in [1.165, 1.54) is 12.4 Å². The third-order valence-electron chi connectivity index (χ3n) is 2.43. The molecule has 7 heteroatoms. The number of carbonyl (C=O) groups is 1. The molecule has 2 rings (SSSR count). The van der Waals surface area contributed by atoms with Crippen LogP contribution in [0.5, 0.6) is 0 Å². The van der Waals surface area contributed by atoms with E-state index in [-0.39, 0.29) is 11.9 Å². The number of nitrogens with zero attached hydrogens (tertiary/aromatic N) is 3. The number of nitrogen functional groups attached to an aromatic ring is 1. The van der Waals surface area contributed by atoms with Gasteiger partial charge in [-0.1, -0.05) is 0 Å². The first-order chi connectivity index (χ1) is 9.10. The lowest BCUT2D eigenvalue weighted by Crippen LogP contribution is -2.19. The van der Waals surface area contributed by atoms with Crippen molar-refractivity contribution in [1.82, 2.24) is 15.0 Å². The number of hydrazine groups is 1. The molecule has 0 atom stereocenters. The molecular weight excluding hydrogens is 244 g/mol. The highest BCUT2D eigenvalue weighted by Gasteiger charge is 2.12. The fourth-order valence-corrected chi connectivity index (χ4v) is 1.66. The summed E-state index contributed by atoms with van der Waals surface area (Å²) in [6, 6.07) is 3.39. The molecule has 2 aromatic rings. The van der Waals surface area contributed by atoms with Gasteiger partial charge in [-0.25, -0.2) is 9.97 Å². The van der Waals surface area contributed by atoms with Gasteiger partial charge in [0.1, 0.15) is 0 Å². The molecule has 19 heavy (non-hydrogen) atoms. The van der Waals surface area contributed by atoms with Gasteiger partial charge in [-0.15, -0.1) is 0 Å². The molecule has 0 saturated heterocycles. The Morgan fingerprint density at radius 1 is 1.26 bits per heavy atom. The quantitative estimate of drug-likeness (QED) is 0.560. The van der Waals surface area contributed by atoms with Crippen LogP contribution in [0.15, 0.2) is 24.5 Å². The number of anilines is 2. The third kappa shape index (κ3) is 3.02. The molecule has 0 unspecified atom stereocenters. The van der Waals surface area contributed by atoms with Crippen molar-refractivity contribution in [2.24, 2.45) is 5.84 Å². The van der Waals surface area contributed by atoms with E-state index in [2.05, 4.69) is 25.7 Å². The standard InChI is InChI=1S/C12H14N6O/c1-7-5-8(2)16-12(15-7)17-11(19)9-3-4-14-6-10(9)18-13/h3-6,18H,13H2,1-2H3,(H,15,16,17,19). The summed E-state index contributed by atoms with van der Waals surface area (Å²) in [4.78, 5) is 24.3. The van der Waals surface area contributed by atoms with Crippen LogP contribution in [0.4, 0.5) is 11.6 Å². The van der Waals surface area contributed by atoms with Gasteiger partial charge in [0.25, 0.3) is 5.91 Å². The largest absolute Gasteiger partial charge is 0.322 e. The minimum atomic E-state index is -0.347. The summed E-state index contributed by atoms with van der Waals surface area (Å²) in [6.45, 7) is 3.67. The number of nitrogens with one attached hydrogen (secondary N) is 2. The summed E-state index contributed by atoms with van der Waals surface area (Å²) in [7, 11) is 0. The van der Waals surface area contributed by atoms with Gasteiger partial charge < -0.3 is 5.43 Å². The van der Waals surface area contributed by atoms with Gasteiger partial charge in [0.2, 0.25) is 5.95 Å². The molecule has 0 spiro atoms. The molecule has 7 nitrogen and oxygen atoms in total. The van der Waals surface area contributed by atoms with Crippen LogP contribution < -0.4 is 16.6 Å². The predicted octanol–water partition coefficient (Wildman–Crippen LogP) is 1.03. The molecule has 0 radical (unpaired) electrons. The first-order valence-corrected chi connectivity index (χ1v) is 5.64. The molecule has 0 fully saturated rings. The van der Waals surface area contributed by atoms with Gasteiger partial charge in [-0.05, 0) is 26.0 Å². The summed E-state index contributed by atoms with van der Waals surface area (Å²) in [5.74, 6) is 5.25. The van der Waals surface area contributed by atoms with Crippen molar-refractivity contribution < 1.29 is 4.79 Å². The molecule has 0 aliphatic heterocycles. The average molecular weight is 258 g/mol. The monoisotopic (exact) mass is 258 g/mol. The minimum absolute atomic E-state index is 0.266. The smallest absolute Gasteiger partial charge is 0.260 e. The number of hydrogen-bond donors (Lipinski definition) is 3. The fourth-order valence-electron chi connectivity index (χ4n) is 1.66. The maximum atomic E-state index is 12.1. The Morgan fingerprint density at radius 3 is 2.58 bits per heavy atom. The third-order valence-corrected chi connectivity index (χ3v) is 2.43. The second-order valence-electron chi connectivity index (χ2n) is 3.99. The number of aryl methyl sites for hydroxylation is 2. The number of aromatic nitrogens is 3. The molecule has 0 bridgehead atoms. The van der Waals surface area contributed by atoms with Crippen molar-refractivity contribution in [3.05, 3.63) is 41.5 Å². The molecule has 2 aromatic heterocycles. The van der Waals surface area contributed by atoms with Crippen molar-refractivity contribution in [3.63, 3.8) is 0 Å². The lowest BCUT2D eigenvalue weighted by Gasteiger charge is -2.08. The molecule has 1 amide bonds. The van der Waals surface area contributed by atoms with E-state index in [4.69, 9.17) is 5.84 Å². The molecule has 0 saturated carbocycles. The van der Waals surface area contributed by atoms with Gasteiger partial charge in [-0.2, -0.15) is 0 Å². The van der Waals surface area contributed by atoms with Crippen molar-refractivity contribution in [2.45, 2.75) is 13.8 Å². The van der Waals surface area contributed by atoms with E-state index >= 15 is 0 Å². The van der Waals surface area contributed by atoms with Crippen molar-refractivity contribution in [3.8, 4) is 0 Å². The first-order valence-electron chi connectivity index (χ1n) is 5.64. The van der Waals surface area contributed by atoms with Gasteiger partial charge in [0.05, 0.1) is 17.4 Å². The Labute approximate surface area is 110 Å². The van der Waals surface area contributed by atoms with Gasteiger partial charge >= 0.3 is 0 Å². The second kappa shape index (κ2) is 5.40. The number of hydrogen-bond acceptors (Lipinski definition) is 6. The van der Waals surface area contributed by atoms with Crippen LogP contribution in [0.2, 0.25) is 0 Å². The highest BCUT2D eigenvalue weighted by Crippen LogP contribution is 2.13. The highest BCUT2D eigenvalue weighted by atomic mass is 16.1. The lowest BCUT2D eigenvalue weighted by atomic mass is 10.2. The molecule has 0 aromatic carbocycles. The van der Waals surface area contributed by atoms with Crippen LogP contribution in [-0.2, 0) is 0 Å². The Morgan fingerprint density at radius 2 is 1.95 bits per heavy atom. The predicted molar refractivity (Wildman–Crippen MR) is 71.5 cm³/mol. The van der Waals surface area contributed by atoms with Crippen LogP contribution in [0.25, 0.3) is 0 Å². The zero-order valence-electron chi connectivity index (χ0n) is 10.6. The number of rotatable bonds is 3. The summed E-state index contributed by atoms with van der Waals surface area (Å²) < 4.78 is 0. The average Bonchev–Trinajstić information content (AvgIpc) is 2.37. The second-order valence-corrected chi connectivity index (χ2v) is 3.99. The molecule has 98 valence electrons. The maximum absolute atomic E-state index is 12.1. The lowest BCUT2D eigenvalue weighted by molar-refractivity contribution is 0.102. The van der Waals surface area contributed by atoms with Crippen LogP contribution >= 0.6 is 0 Å². The van der Waals surface area contributed by atoms with E-state index in [9.17, 15) is 4.79 Å². The van der Waals surface area contributed by atoms with E-state index in [0.29, 0.717) is 11.3 Å². The first kappa shape index (κ1) is 12.9. The van der Waals surface area contributed by atoms with Crippen molar-refractivity contribution in [1.29, 1.82) is 0 Å². The summed E-state index contributed by atoms with van der Waals surface area (Å²) >= 11 is 0. The van der Waals surface area contributed by atoms with E-state index < -0.39 is 0 Å². The Hall–Kier alpha value is -2.54. The van der Waals surface area contributed by atoms with E-state index in [1.807, 2.05) is 19.9 Å². The molecular formula is C12H14N6O. The van der Waals surface area contributed by atoms with Crippen LogP contribution in [0, 0.1) is 13.8 Å². The number of pyridine rings is 1. The van der Waals surface area contributed by atoms with Crippen molar-refractivity contribution >= 4 is 17.5 Å². The number of amides is 1. The normalized spacial score (nSPS) is 10.1. The SMILES string of the molecule is Cc1cc(C)nc(NC(=O)c2ccncc2NN)n1. The zero-order chi connectivity index (χ0) is 13.8. The maximum Gasteiger partial charge on any atom is 0.260 e. The minimum Gasteiger partial charge on any atom is -0.322 e. The van der Waals surface area contributed by atoms with Crippen LogP contribution in [-0.4, -0.2) is 20.9 Å². The fraction of sp³-hybridized carbons (Fsp3) is 0.167. The summed E-state index contributed by atoms with van der Waals surface area (Å²) in [5.41, 5.74) is 4.80. The Bertz CT molecular complexity index is 593. The van der Waals surface area contributed by atoms with Crippen LogP contribution in [0.1, 0.15) is 21.7 Å². The molecule has 0 aliphatic rings. The topological polar surface area (TPSA) is 106 Å². The molecule has 2 heterocycles. The molecule has 0 aliphatic carbocycles. The van der Waals surface area contributed by atoms with E-state index in [1.54, 1.807) is 6.07 Å². The summed E-state index contributed by atoms with van der Waals surface area (Å²) in [5, 5.41) is 2.63. The zero-order valence-corrected chi connectivity index (χ0v) is 10.6. The van der Waals surface area contributed by atoms with Gasteiger partial charge in [-0.3, -0.25) is 20.9 Å². The Balaban J connectivity index is 2.25.